The van der Waals surface area contributed by atoms with Gasteiger partial charge in [-0.1, -0.05) is 0 Å². The third-order valence-corrected chi connectivity index (χ3v) is 1.65. The van der Waals surface area contributed by atoms with Crippen molar-refractivity contribution in [1.82, 2.24) is 5.32 Å². The number of carboxylic acid groups (broad SMARTS) is 1. The minimum absolute atomic E-state index is 0. The average Bonchev–Trinajstić information content (AvgIpc) is 2.30. The van der Waals surface area contributed by atoms with Gasteiger partial charge in [-0.25, -0.2) is 0 Å². The fraction of sp³-hybridized carbons (Fsp3) is 0.800. The summed E-state index contributed by atoms with van der Waals surface area (Å²) in [5.41, 5.74) is 0. The second-order valence-corrected chi connectivity index (χ2v) is 3.01. The fourth-order valence-electron chi connectivity index (χ4n) is 0.876. The van der Waals surface area contributed by atoms with Crippen molar-refractivity contribution in [3.63, 3.8) is 0 Å². The quantitative estimate of drug-likeness (QED) is 0.193. The Balaban J connectivity index is 0. The van der Waals surface area contributed by atoms with E-state index in [-0.39, 0.29) is 13.0 Å². The minimum Gasteiger partial charge on any atom is -0.528 e. The first kappa shape index (κ1) is 18.2. The Morgan fingerprint density at radius 1 is 1.00 bits per heavy atom. The van der Waals surface area contributed by atoms with E-state index in [2.05, 4.69) is 5.32 Å². The van der Waals surface area contributed by atoms with Crippen molar-refractivity contribution in [3.8, 4) is 0 Å². The van der Waals surface area contributed by atoms with Crippen molar-refractivity contribution in [3.05, 3.63) is 0 Å². The number of ether oxygens (including phenoxy) is 3. The largest absolute Gasteiger partial charge is 0.528 e. The molecule has 0 rings (SSSR count). The zero-order valence-corrected chi connectivity index (χ0v) is 12.3. The second-order valence-electron chi connectivity index (χ2n) is 3.01. The average molecular weight is 505 g/mol. The summed E-state index contributed by atoms with van der Waals surface area (Å²) in [6, 6.07) is 0. The monoisotopic (exact) mass is 505 g/mol. The molecule has 0 fully saturated rings. The first-order valence-electron chi connectivity index (χ1n) is 5.32. The van der Waals surface area contributed by atoms with Crippen molar-refractivity contribution in [2.75, 3.05) is 46.2 Å². The van der Waals surface area contributed by atoms with Gasteiger partial charge in [0.05, 0.1) is 46.1 Å². The first-order chi connectivity index (χ1) is 8.27. The Labute approximate surface area is 100 Å². The molecule has 18 heavy (non-hydrogen) atoms. The maximum Gasteiger partial charge on any atom is 0.305 e. The van der Waals surface area contributed by atoms with Crippen LogP contribution in [-0.2, 0) is 23.8 Å². The summed E-state index contributed by atoms with van der Waals surface area (Å²) in [6.45, 7) is 2.71. The van der Waals surface area contributed by atoms with E-state index in [1.165, 1.54) is 6.41 Å². The maximum absolute atomic E-state index is 10.1. The normalized spacial score (nSPS) is 9.56. The summed E-state index contributed by atoms with van der Waals surface area (Å²) in [5, 5.41) is 10.7. The van der Waals surface area contributed by atoms with E-state index in [4.69, 9.17) is 19.3 Å². The number of aliphatic carboxylic acids is 1. The Kier molecular flexibility index (Phi) is 15.0. The van der Waals surface area contributed by atoms with E-state index in [0.29, 0.717) is 39.6 Å². The molecule has 0 atom stereocenters. The molecule has 0 aromatic heterocycles. The van der Waals surface area contributed by atoms with Crippen molar-refractivity contribution in [2.45, 2.75) is 6.42 Å². The molecule has 0 aliphatic rings. The van der Waals surface area contributed by atoms with Crippen molar-refractivity contribution >= 4 is 12.4 Å². The fourth-order valence-corrected chi connectivity index (χ4v) is 0.876. The standard InChI is InChI=1S/C10H18NO6.Fm/c12-9-11-2-4-16-6-8-17-7-5-15-3-1-10(13)14;/h1-8H2,(H,11,12)(H,13,14);/q-1;. The Hall–Kier alpha value is -2.18. The van der Waals surface area contributed by atoms with Gasteiger partial charge >= 0.3 is 5.97 Å². The molecule has 7 nitrogen and oxygen atoms in total. The van der Waals surface area contributed by atoms with Crippen LogP contribution in [0.25, 0.3) is 0 Å². The third-order valence-electron chi connectivity index (χ3n) is 1.65. The van der Waals surface area contributed by atoms with Crippen LogP contribution in [0.4, 0.5) is 0 Å². The van der Waals surface area contributed by atoms with Crippen LogP contribution in [-0.4, -0.2) is 63.7 Å². The molecule has 0 saturated carbocycles. The van der Waals surface area contributed by atoms with Crippen LogP contribution in [0, 0.1) is 0 Å². The van der Waals surface area contributed by atoms with Gasteiger partial charge in [0.1, 0.15) is 0 Å². The zero-order chi connectivity index (χ0) is 12.8. The van der Waals surface area contributed by atoms with E-state index in [1.54, 1.807) is 0 Å². The molecule has 0 spiro atoms. The first-order valence-corrected chi connectivity index (χ1v) is 5.32. The summed E-state index contributed by atoms with van der Waals surface area (Å²) in [5.74, 6) is -0.875. The zero-order valence-electron chi connectivity index (χ0n) is 9.93. The molecular formula is C10H18FmNO6-. The predicted molar refractivity (Wildman–Crippen MR) is 58.4 cm³/mol. The maximum atomic E-state index is 10.1. The van der Waals surface area contributed by atoms with Crippen LogP contribution >= 0.6 is 0 Å². The van der Waals surface area contributed by atoms with Crippen LogP contribution in [0.1, 0.15) is 6.42 Å². The van der Waals surface area contributed by atoms with Gasteiger partial charge < -0.3 is 29.4 Å². The van der Waals surface area contributed by atoms with Crippen LogP contribution in [0.15, 0.2) is 0 Å². The summed E-state index contributed by atoms with van der Waals surface area (Å²) in [4.78, 5) is 19.9. The molecule has 0 aromatic rings. The van der Waals surface area contributed by atoms with Gasteiger partial charge in [0.25, 0.3) is 0 Å². The third kappa shape index (κ3) is 16.3. The predicted octanol–water partition coefficient (Wildman–Crippen LogP) is -0.832. The molecule has 2 N–H and O–H groups in total. The number of nitrogens with one attached hydrogen (secondary N) is 1. The van der Waals surface area contributed by atoms with E-state index in [9.17, 15) is 9.59 Å². The van der Waals surface area contributed by atoms with Gasteiger partial charge in [-0.05, 0) is 0 Å². The molecular weight excluding hydrogens is 487 g/mol. The van der Waals surface area contributed by atoms with E-state index < -0.39 is 5.97 Å². The summed E-state index contributed by atoms with van der Waals surface area (Å²) >= 11 is 0. The summed E-state index contributed by atoms with van der Waals surface area (Å²) < 4.78 is 15.3. The summed E-state index contributed by atoms with van der Waals surface area (Å²) in [7, 11) is 0. The molecule has 0 aliphatic heterocycles. The summed E-state index contributed by atoms with van der Waals surface area (Å²) in [6.07, 6.45) is 1.54. The molecule has 0 heterocycles. The van der Waals surface area contributed by atoms with E-state index >= 15 is 0 Å². The van der Waals surface area contributed by atoms with Crippen LogP contribution < -0.4 is 5.32 Å². The van der Waals surface area contributed by atoms with Gasteiger partial charge in [0, 0.05) is 6.54 Å². The number of carboxylic acids is 1. The van der Waals surface area contributed by atoms with Crippen molar-refractivity contribution in [1.29, 1.82) is 0 Å². The van der Waals surface area contributed by atoms with E-state index in [0.717, 1.165) is 0 Å². The van der Waals surface area contributed by atoms with Crippen LogP contribution in [0.2, 0.25) is 0 Å². The smallest absolute Gasteiger partial charge is 0.305 e. The molecule has 0 saturated heterocycles. The van der Waals surface area contributed by atoms with Gasteiger partial charge in [0.15, 0.2) is 0 Å². The second kappa shape index (κ2) is 14.8. The molecule has 0 bridgehead atoms. The number of rotatable bonds is 13. The Morgan fingerprint density at radius 2 is 1.50 bits per heavy atom. The Morgan fingerprint density at radius 3 is 2.00 bits per heavy atom. The van der Waals surface area contributed by atoms with Gasteiger partial charge in [0.2, 0.25) is 0 Å². The SMILES string of the molecule is O=[C-]NCCOCCOCCOCCC(=O)O.[Fm]. The molecule has 8 heteroatoms. The number of hydrogen-bond donors (Lipinski definition) is 2. The number of hydrogen-bond acceptors (Lipinski definition) is 5. The minimum atomic E-state index is -0.875. The topological polar surface area (TPSA) is 94.1 Å². The van der Waals surface area contributed by atoms with Crippen LogP contribution in [0.5, 0.6) is 0 Å². The molecule has 112 valence electrons. The van der Waals surface area contributed by atoms with Crippen molar-refractivity contribution in [2.24, 2.45) is 0 Å². The van der Waals surface area contributed by atoms with Gasteiger partial charge in [-0.15, -0.1) is 0 Å². The molecule has 0 aromatic carbocycles. The van der Waals surface area contributed by atoms with Gasteiger partial charge in [-0.3, -0.25) is 4.79 Å². The molecule has 0 radical (unpaired) electrons. The molecule has 0 unspecified atom stereocenters. The van der Waals surface area contributed by atoms with Gasteiger partial charge in [-0.2, -0.15) is 6.41 Å². The number of amides is 1. The number of carbonyl (C=O) groups excluding carboxylic acids is 1. The Bertz CT molecular complexity index is 205. The molecule has 1 amide bonds. The number of carbonyl (C=O) groups is 1. The van der Waals surface area contributed by atoms with Crippen molar-refractivity contribution < 1.29 is 28.9 Å². The molecule has 0 aliphatic carbocycles. The van der Waals surface area contributed by atoms with Crippen LogP contribution in [0.3, 0.4) is 0 Å². The van der Waals surface area contributed by atoms with E-state index in [1.807, 2.05) is 0 Å².